The lowest BCUT2D eigenvalue weighted by atomic mass is 10.1. The van der Waals surface area contributed by atoms with E-state index in [9.17, 15) is 5.11 Å². The lowest BCUT2D eigenvalue weighted by Crippen LogP contribution is -1.85. The minimum Gasteiger partial charge on any atom is -0.508 e. The molecule has 6 heteroatoms. The van der Waals surface area contributed by atoms with Crippen LogP contribution in [0.3, 0.4) is 0 Å². The molecule has 1 aromatic carbocycles. The third-order valence-electron chi connectivity index (χ3n) is 2.33. The van der Waals surface area contributed by atoms with Gasteiger partial charge in [0.15, 0.2) is 0 Å². The highest BCUT2D eigenvalue weighted by Gasteiger charge is 2.10. The second kappa shape index (κ2) is 3.28. The number of rotatable bonds is 1. The molecule has 0 saturated heterocycles. The Morgan fingerprint density at radius 3 is 3.00 bits per heavy atom. The van der Waals surface area contributed by atoms with E-state index in [1.807, 2.05) is 13.0 Å². The second-order valence-electron chi connectivity index (χ2n) is 3.46. The Bertz CT molecular complexity index is 629. The molecule has 0 aliphatic rings. The van der Waals surface area contributed by atoms with E-state index in [1.165, 1.54) is 11.3 Å². The fraction of sp³-hybridized carbons (Fsp3) is 0.100. The van der Waals surface area contributed by atoms with Crippen LogP contribution in [0.4, 0.5) is 0 Å². The van der Waals surface area contributed by atoms with E-state index < -0.39 is 0 Å². The van der Waals surface area contributed by atoms with E-state index in [1.54, 1.807) is 23.0 Å². The van der Waals surface area contributed by atoms with Crippen LogP contribution in [-0.4, -0.2) is 24.9 Å². The van der Waals surface area contributed by atoms with Crippen LogP contribution in [0.15, 0.2) is 24.5 Å². The van der Waals surface area contributed by atoms with Crippen molar-refractivity contribution in [2.45, 2.75) is 6.92 Å². The molecule has 5 nitrogen and oxygen atoms in total. The van der Waals surface area contributed by atoms with Crippen LogP contribution >= 0.6 is 11.3 Å². The van der Waals surface area contributed by atoms with Gasteiger partial charge in [0.25, 0.3) is 0 Å². The molecule has 16 heavy (non-hydrogen) atoms. The number of benzene rings is 1. The number of aromatic hydroxyl groups is 1. The molecule has 0 spiro atoms. The van der Waals surface area contributed by atoms with Crippen molar-refractivity contribution in [1.82, 2.24) is 19.8 Å². The summed E-state index contributed by atoms with van der Waals surface area (Å²) in [7, 11) is 0. The average Bonchev–Trinajstić information content (AvgIpc) is 2.76. The molecule has 0 saturated carbocycles. The van der Waals surface area contributed by atoms with E-state index in [-0.39, 0.29) is 5.75 Å². The number of hydrogen-bond acceptors (Lipinski definition) is 5. The van der Waals surface area contributed by atoms with Crippen molar-refractivity contribution in [1.29, 1.82) is 0 Å². The third kappa shape index (κ3) is 1.35. The van der Waals surface area contributed by atoms with Crippen LogP contribution in [0.25, 0.3) is 15.5 Å². The first-order valence-corrected chi connectivity index (χ1v) is 5.52. The van der Waals surface area contributed by atoms with E-state index >= 15 is 0 Å². The van der Waals surface area contributed by atoms with Gasteiger partial charge in [-0.3, -0.25) is 0 Å². The van der Waals surface area contributed by atoms with E-state index in [0.29, 0.717) is 0 Å². The van der Waals surface area contributed by atoms with Crippen LogP contribution in [0.1, 0.15) is 5.56 Å². The smallest absolute Gasteiger partial charge is 0.234 e. The van der Waals surface area contributed by atoms with Crippen molar-refractivity contribution in [2.75, 3.05) is 0 Å². The SMILES string of the molecule is Cc1cc(O)ccc1-c1nn2cnnc2s1. The second-order valence-corrected chi connectivity index (χ2v) is 4.42. The molecule has 0 atom stereocenters. The maximum Gasteiger partial charge on any atom is 0.234 e. The fourth-order valence-corrected chi connectivity index (χ4v) is 2.47. The molecule has 2 aromatic heterocycles. The quantitative estimate of drug-likeness (QED) is 0.695. The standard InChI is InChI=1S/C10H8N4OS/c1-6-4-7(15)2-3-8(6)9-13-14-5-11-12-10(14)16-9/h2-5,15H,1H3. The van der Waals surface area contributed by atoms with Gasteiger partial charge >= 0.3 is 0 Å². The minimum absolute atomic E-state index is 0.268. The first-order chi connectivity index (χ1) is 7.74. The van der Waals surface area contributed by atoms with E-state index in [0.717, 1.165) is 21.1 Å². The topological polar surface area (TPSA) is 63.3 Å². The van der Waals surface area contributed by atoms with Crippen molar-refractivity contribution in [2.24, 2.45) is 0 Å². The normalized spacial score (nSPS) is 11.1. The molecule has 80 valence electrons. The monoisotopic (exact) mass is 232 g/mol. The fourth-order valence-electron chi connectivity index (χ4n) is 1.56. The van der Waals surface area contributed by atoms with E-state index in [2.05, 4.69) is 15.3 Å². The first-order valence-electron chi connectivity index (χ1n) is 4.71. The zero-order chi connectivity index (χ0) is 11.1. The Labute approximate surface area is 95.0 Å². The first kappa shape index (κ1) is 9.29. The molecule has 3 aromatic rings. The number of nitrogens with zero attached hydrogens (tertiary/aromatic N) is 4. The molecule has 0 aliphatic carbocycles. The van der Waals surface area contributed by atoms with Crippen molar-refractivity contribution in [3.63, 3.8) is 0 Å². The van der Waals surface area contributed by atoms with Gasteiger partial charge in [-0.25, -0.2) is 0 Å². The minimum atomic E-state index is 0.268. The van der Waals surface area contributed by atoms with Crippen molar-refractivity contribution >= 4 is 16.3 Å². The molecule has 0 aliphatic heterocycles. The molecule has 0 amide bonds. The highest BCUT2D eigenvalue weighted by atomic mass is 32.1. The van der Waals surface area contributed by atoms with Gasteiger partial charge in [-0.05, 0) is 30.7 Å². The Hall–Kier alpha value is -1.95. The average molecular weight is 232 g/mol. The lowest BCUT2D eigenvalue weighted by Gasteiger charge is -2.01. The summed E-state index contributed by atoms with van der Waals surface area (Å²) in [5.41, 5.74) is 2.00. The third-order valence-corrected chi connectivity index (χ3v) is 3.27. The molecule has 1 N–H and O–H groups in total. The van der Waals surface area contributed by atoms with Gasteiger partial charge in [0.2, 0.25) is 4.96 Å². The largest absolute Gasteiger partial charge is 0.508 e. The Morgan fingerprint density at radius 2 is 2.25 bits per heavy atom. The maximum atomic E-state index is 9.34. The number of aromatic nitrogens is 4. The van der Waals surface area contributed by atoms with Crippen LogP contribution in [0.2, 0.25) is 0 Å². The molecular weight excluding hydrogens is 224 g/mol. The van der Waals surface area contributed by atoms with Crippen LogP contribution in [0, 0.1) is 6.92 Å². The summed E-state index contributed by atoms with van der Waals surface area (Å²) in [4.78, 5) is 0.766. The Kier molecular flexibility index (Phi) is 1.90. The van der Waals surface area contributed by atoms with Gasteiger partial charge in [-0.2, -0.15) is 9.61 Å². The van der Waals surface area contributed by atoms with Gasteiger partial charge in [-0.15, -0.1) is 10.2 Å². The molecule has 0 radical (unpaired) electrons. The molecule has 0 bridgehead atoms. The van der Waals surface area contributed by atoms with Crippen molar-refractivity contribution in [3.05, 3.63) is 30.1 Å². The zero-order valence-electron chi connectivity index (χ0n) is 8.45. The maximum absolute atomic E-state index is 9.34. The van der Waals surface area contributed by atoms with Gasteiger partial charge in [0, 0.05) is 5.56 Å². The van der Waals surface area contributed by atoms with Gasteiger partial charge in [0.05, 0.1) is 0 Å². The van der Waals surface area contributed by atoms with Gasteiger partial charge < -0.3 is 5.11 Å². The molecule has 0 unspecified atom stereocenters. The number of aryl methyl sites for hydroxylation is 1. The number of phenols is 1. The van der Waals surface area contributed by atoms with Gasteiger partial charge in [-0.1, -0.05) is 11.3 Å². The summed E-state index contributed by atoms with van der Waals surface area (Å²) in [5.74, 6) is 0.268. The molecule has 3 rings (SSSR count). The Balaban J connectivity index is 2.19. The number of hydrogen-bond donors (Lipinski definition) is 1. The van der Waals surface area contributed by atoms with Gasteiger partial charge in [0.1, 0.15) is 17.1 Å². The predicted molar refractivity (Wildman–Crippen MR) is 60.5 cm³/mol. The Morgan fingerprint density at radius 1 is 1.38 bits per heavy atom. The summed E-state index contributed by atoms with van der Waals surface area (Å²) in [6, 6.07) is 5.23. The summed E-state index contributed by atoms with van der Waals surface area (Å²) in [6.07, 6.45) is 1.57. The van der Waals surface area contributed by atoms with E-state index in [4.69, 9.17) is 0 Å². The molecule has 2 heterocycles. The van der Waals surface area contributed by atoms with Crippen molar-refractivity contribution in [3.8, 4) is 16.3 Å². The number of fused-ring (bicyclic) bond motifs is 1. The lowest BCUT2D eigenvalue weighted by molar-refractivity contribution is 0.475. The number of phenolic OH excluding ortho intramolecular Hbond substituents is 1. The van der Waals surface area contributed by atoms with Crippen LogP contribution in [0.5, 0.6) is 5.75 Å². The summed E-state index contributed by atoms with van der Waals surface area (Å²) < 4.78 is 1.65. The molecular formula is C10H8N4OS. The summed E-state index contributed by atoms with van der Waals surface area (Å²) in [5, 5.41) is 22.3. The predicted octanol–water partition coefficient (Wildman–Crippen LogP) is 1.87. The zero-order valence-corrected chi connectivity index (χ0v) is 9.27. The summed E-state index contributed by atoms with van der Waals surface area (Å²) >= 11 is 1.47. The van der Waals surface area contributed by atoms with Crippen molar-refractivity contribution < 1.29 is 5.11 Å². The molecule has 0 fully saturated rings. The van der Waals surface area contributed by atoms with Crippen LogP contribution in [-0.2, 0) is 0 Å². The summed E-state index contributed by atoms with van der Waals surface area (Å²) in [6.45, 7) is 1.94. The highest BCUT2D eigenvalue weighted by molar-refractivity contribution is 7.19. The van der Waals surface area contributed by atoms with Crippen LogP contribution < -0.4 is 0 Å². The highest BCUT2D eigenvalue weighted by Crippen LogP contribution is 2.29.